The fourth-order valence-corrected chi connectivity index (χ4v) is 1.82. The Labute approximate surface area is 133 Å². The second-order valence-electron chi connectivity index (χ2n) is 4.72. The number of nitrogen functional groups attached to an aromatic ring is 1. The van der Waals surface area contributed by atoms with E-state index >= 15 is 0 Å². The summed E-state index contributed by atoms with van der Waals surface area (Å²) in [7, 11) is 0. The predicted molar refractivity (Wildman–Crippen MR) is 86.4 cm³/mol. The number of nitrogens with one attached hydrogen (secondary N) is 2. The lowest BCUT2D eigenvalue weighted by molar-refractivity contribution is -0.112. The molecule has 23 heavy (non-hydrogen) atoms. The lowest BCUT2D eigenvalue weighted by Gasteiger charge is -2.06. The van der Waals surface area contributed by atoms with Gasteiger partial charge in [-0.05, 0) is 30.3 Å². The van der Waals surface area contributed by atoms with Crippen LogP contribution in [0.2, 0.25) is 0 Å². The zero-order valence-electron chi connectivity index (χ0n) is 12.2. The Kier molecular flexibility index (Phi) is 5.31. The largest absolute Gasteiger partial charge is 0.399 e. The van der Waals surface area contributed by atoms with Crippen LogP contribution in [0.3, 0.4) is 0 Å². The van der Waals surface area contributed by atoms with Gasteiger partial charge in [0.1, 0.15) is 17.5 Å². The topological polar surface area (TPSA) is 90.9 Å². The molecule has 0 saturated carbocycles. The minimum absolute atomic E-state index is 0.113. The number of hydrogen-bond donors (Lipinski definition) is 3. The van der Waals surface area contributed by atoms with Gasteiger partial charge in [0, 0.05) is 29.7 Å². The summed E-state index contributed by atoms with van der Waals surface area (Å²) >= 11 is 0. The summed E-state index contributed by atoms with van der Waals surface area (Å²) in [6.45, 7) is 0.174. The molecule has 0 unspecified atom stereocenters. The lowest BCUT2D eigenvalue weighted by Crippen LogP contribution is -2.16. The first kappa shape index (κ1) is 16.0. The molecule has 2 rings (SSSR count). The number of carbonyl (C=O) groups is 1. The van der Waals surface area contributed by atoms with Gasteiger partial charge in [-0.2, -0.15) is 5.26 Å². The third-order valence-electron chi connectivity index (χ3n) is 3.03. The van der Waals surface area contributed by atoms with Gasteiger partial charge in [-0.1, -0.05) is 18.2 Å². The van der Waals surface area contributed by atoms with Crippen molar-refractivity contribution in [2.75, 3.05) is 11.1 Å². The summed E-state index contributed by atoms with van der Waals surface area (Å²) in [4.78, 5) is 12.0. The van der Waals surface area contributed by atoms with Crippen LogP contribution in [-0.2, 0) is 11.3 Å². The number of hydrogen-bond acceptors (Lipinski definition) is 4. The zero-order chi connectivity index (χ0) is 16.7. The normalized spacial score (nSPS) is 10.7. The van der Waals surface area contributed by atoms with E-state index in [1.807, 2.05) is 0 Å². The van der Waals surface area contributed by atoms with Crippen molar-refractivity contribution in [3.63, 3.8) is 0 Å². The molecule has 0 aliphatic carbocycles. The molecule has 4 N–H and O–H groups in total. The summed E-state index contributed by atoms with van der Waals surface area (Å²) in [5.74, 6) is -0.906. The Morgan fingerprint density at radius 1 is 1.22 bits per heavy atom. The Morgan fingerprint density at radius 2 is 1.91 bits per heavy atom. The Bertz CT molecular complexity index is 763. The second kappa shape index (κ2) is 7.61. The molecule has 0 heterocycles. The van der Waals surface area contributed by atoms with Crippen molar-refractivity contribution in [3.05, 3.63) is 71.7 Å². The van der Waals surface area contributed by atoms with E-state index in [2.05, 4.69) is 10.6 Å². The van der Waals surface area contributed by atoms with Crippen molar-refractivity contribution < 1.29 is 9.18 Å². The number of benzene rings is 2. The molecule has 0 fully saturated rings. The van der Waals surface area contributed by atoms with Gasteiger partial charge in [-0.15, -0.1) is 0 Å². The van der Waals surface area contributed by atoms with Gasteiger partial charge in [0.15, 0.2) is 0 Å². The van der Waals surface area contributed by atoms with E-state index in [0.29, 0.717) is 16.9 Å². The molecule has 0 spiro atoms. The van der Waals surface area contributed by atoms with Gasteiger partial charge in [0.2, 0.25) is 0 Å². The average molecular weight is 310 g/mol. The van der Waals surface area contributed by atoms with Gasteiger partial charge in [-0.3, -0.25) is 4.79 Å². The van der Waals surface area contributed by atoms with Crippen LogP contribution in [0, 0.1) is 17.1 Å². The SMILES string of the molecule is N#C/C(=C/NCc1ccccc1F)C(=O)Nc1ccc(N)cc1. The maximum absolute atomic E-state index is 13.5. The molecule has 116 valence electrons. The van der Waals surface area contributed by atoms with Crippen molar-refractivity contribution in [2.24, 2.45) is 0 Å². The van der Waals surface area contributed by atoms with Crippen LogP contribution in [0.4, 0.5) is 15.8 Å². The van der Waals surface area contributed by atoms with Gasteiger partial charge >= 0.3 is 0 Å². The van der Waals surface area contributed by atoms with E-state index in [1.165, 1.54) is 12.3 Å². The molecule has 0 aliphatic rings. The molecular formula is C17H15FN4O. The number of nitriles is 1. The first-order chi connectivity index (χ1) is 11.1. The quantitative estimate of drug-likeness (QED) is 0.449. The molecule has 5 nitrogen and oxygen atoms in total. The standard InChI is InChI=1S/C17H15FN4O/c18-16-4-2-1-3-12(16)10-21-11-13(9-19)17(23)22-15-7-5-14(20)6-8-15/h1-8,11,21H,10,20H2,(H,22,23)/b13-11-. The van der Waals surface area contributed by atoms with Crippen molar-refractivity contribution in [1.82, 2.24) is 5.32 Å². The molecule has 2 aromatic carbocycles. The van der Waals surface area contributed by atoms with E-state index in [9.17, 15) is 9.18 Å². The summed E-state index contributed by atoms with van der Waals surface area (Å²) in [6.07, 6.45) is 1.26. The fourth-order valence-electron chi connectivity index (χ4n) is 1.82. The summed E-state index contributed by atoms with van der Waals surface area (Å²) in [5, 5.41) is 14.4. The Balaban J connectivity index is 1.98. The van der Waals surface area contributed by atoms with Crippen LogP contribution in [-0.4, -0.2) is 5.91 Å². The molecule has 0 atom stereocenters. The minimum atomic E-state index is -0.557. The number of amides is 1. The van der Waals surface area contributed by atoms with Crippen LogP contribution in [0.5, 0.6) is 0 Å². The number of anilines is 2. The summed E-state index contributed by atoms with van der Waals surface area (Å²) < 4.78 is 13.5. The third kappa shape index (κ3) is 4.58. The van der Waals surface area contributed by atoms with Crippen molar-refractivity contribution in [2.45, 2.75) is 6.54 Å². The Hall–Kier alpha value is -3.33. The van der Waals surface area contributed by atoms with E-state index in [1.54, 1.807) is 48.5 Å². The fraction of sp³-hybridized carbons (Fsp3) is 0.0588. The number of carbonyl (C=O) groups excluding carboxylic acids is 1. The van der Waals surface area contributed by atoms with Crippen molar-refractivity contribution >= 4 is 17.3 Å². The zero-order valence-corrected chi connectivity index (χ0v) is 12.2. The predicted octanol–water partition coefficient (Wildman–Crippen LogP) is 2.54. The van der Waals surface area contributed by atoms with Gasteiger partial charge in [0.05, 0.1) is 0 Å². The first-order valence-corrected chi connectivity index (χ1v) is 6.84. The average Bonchev–Trinajstić information content (AvgIpc) is 2.55. The maximum atomic E-state index is 13.5. The number of halogens is 1. The third-order valence-corrected chi connectivity index (χ3v) is 3.03. The van der Waals surface area contributed by atoms with E-state index in [4.69, 9.17) is 11.0 Å². The smallest absolute Gasteiger partial charge is 0.267 e. The molecule has 0 aromatic heterocycles. The molecule has 1 amide bonds. The van der Waals surface area contributed by atoms with Gasteiger partial charge in [0.25, 0.3) is 5.91 Å². The molecule has 2 aromatic rings. The molecule has 0 radical (unpaired) electrons. The molecule has 0 bridgehead atoms. The van der Waals surface area contributed by atoms with Crippen LogP contribution in [0.25, 0.3) is 0 Å². The molecule has 0 saturated heterocycles. The van der Waals surface area contributed by atoms with Crippen LogP contribution >= 0.6 is 0 Å². The van der Waals surface area contributed by atoms with Crippen LogP contribution in [0.1, 0.15) is 5.56 Å². The Morgan fingerprint density at radius 3 is 2.57 bits per heavy atom. The van der Waals surface area contributed by atoms with Crippen molar-refractivity contribution in [3.8, 4) is 6.07 Å². The highest BCUT2D eigenvalue weighted by Gasteiger charge is 2.09. The first-order valence-electron chi connectivity index (χ1n) is 6.84. The molecule has 0 aliphatic heterocycles. The lowest BCUT2D eigenvalue weighted by atomic mass is 10.2. The summed E-state index contributed by atoms with van der Waals surface area (Å²) in [6, 6.07) is 14.6. The van der Waals surface area contributed by atoms with E-state index < -0.39 is 5.91 Å². The van der Waals surface area contributed by atoms with Crippen molar-refractivity contribution in [1.29, 1.82) is 5.26 Å². The number of rotatable bonds is 5. The number of nitrogens with zero attached hydrogens (tertiary/aromatic N) is 1. The monoisotopic (exact) mass is 310 g/mol. The minimum Gasteiger partial charge on any atom is -0.399 e. The summed E-state index contributed by atoms with van der Waals surface area (Å²) in [5.41, 5.74) is 6.99. The van der Waals surface area contributed by atoms with E-state index in [-0.39, 0.29) is 17.9 Å². The maximum Gasteiger partial charge on any atom is 0.267 e. The van der Waals surface area contributed by atoms with Gasteiger partial charge < -0.3 is 16.4 Å². The highest BCUT2D eigenvalue weighted by molar-refractivity contribution is 6.06. The number of nitrogens with two attached hydrogens (primary N) is 1. The highest BCUT2D eigenvalue weighted by atomic mass is 19.1. The van der Waals surface area contributed by atoms with E-state index in [0.717, 1.165) is 0 Å². The van der Waals surface area contributed by atoms with Crippen LogP contribution in [0.15, 0.2) is 60.3 Å². The second-order valence-corrected chi connectivity index (χ2v) is 4.72. The van der Waals surface area contributed by atoms with Gasteiger partial charge in [-0.25, -0.2) is 4.39 Å². The van der Waals surface area contributed by atoms with Crippen LogP contribution < -0.4 is 16.4 Å². The molecular weight excluding hydrogens is 295 g/mol. The highest BCUT2D eigenvalue weighted by Crippen LogP contribution is 2.11. The molecule has 6 heteroatoms.